The first-order chi connectivity index (χ1) is 12.0. The number of aromatic amines is 1. The Hall–Kier alpha value is -2.35. The van der Waals surface area contributed by atoms with Gasteiger partial charge in [-0.1, -0.05) is 20.3 Å². The zero-order chi connectivity index (χ0) is 18.4. The van der Waals surface area contributed by atoms with Crippen LogP contribution in [0.2, 0.25) is 0 Å². The van der Waals surface area contributed by atoms with Crippen molar-refractivity contribution in [3.63, 3.8) is 0 Å². The van der Waals surface area contributed by atoms with E-state index in [1.165, 1.54) is 20.8 Å². The Bertz CT molecular complexity index is 823. The fraction of sp³-hybridized carbons (Fsp3) is 0.471. The normalized spacial score (nSPS) is 10.8. The van der Waals surface area contributed by atoms with Crippen molar-refractivity contribution < 1.29 is 4.79 Å². The first-order valence-corrected chi connectivity index (χ1v) is 9.37. The number of nitrogens with one attached hydrogen (secondary N) is 1. The van der Waals surface area contributed by atoms with Gasteiger partial charge in [0.2, 0.25) is 5.91 Å². The van der Waals surface area contributed by atoms with Gasteiger partial charge in [0.25, 0.3) is 5.56 Å². The van der Waals surface area contributed by atoms with Crippen LogP contribution in [0.1, 0.15) is 38.7 Å². The lowest BCUT2D eigenvalue weighted by atomic mass is 10.2. The van der Waals surface area contributed by atoms with Crippen LogP contribution in [0.15, 0.2) is 26.4 Å². The molecule has 8 heteroatoms. The van der Waals surface area contributed by atoms with Gasteiger partial charge in [-0.05, 0) is 35.2 Å². The van der Waals surface area contributed by atoms with Crippen molar-refractivity contribution in [3.05, 3.63) is 43.2 Å². The van der Waals surface area contributed by atoms with E-state index in [9.17, 15) is 14.4 Å². The number of anilines is 2. The number of rotatable bonds is 8. The summed E-state index contributed by atoms with van der Waals surface area (Å²) in [4.78, 5) is 40.9. The van der Waals surface area contributed by atoms with Crippen molar-refractivity contribution in [2.45, 2.75) is 46.1 Å². The maximum absolute atomic E-state index is 12.8. The monoisotopic (exact) mass is 364 g/mol. The lowest BCUT2D eigenvalue weighted by Gasteiger charge is -2.24. The lowest BCUT2D eigenvalue weighted by Crippen LogP contribution is -2.42. The first-order valence-electron chi connectivity index (χ1n) is 8.43. The summed E-state index contributed by atoms with van der Waals surface area (Å²) >= 11 is 1.51. The lowest BCUT2D eigenvalue weighted by molar-refractivity contribution is -0.118. The van der Waals surface area contributed by atoms with Crippen LogP contribution < -0.4 is 21.9 Å². The summed E-state index contributed by atoms with van der Waals surface area (Å²) in [5.74, 6) is -0.160. The molecule has 0 unspecified atom stereocenters. The summed E-state index contributed by atoms with van der Waals surface area (Å²) < 4.78 is 1.33. The van der Waals surface area contributed by atoms with Crippen LogP contribution in [0.25, 0.3) is 0 Å². The molecule has 0 fully saturated rings. The number of carbonyl (C=O) groups is 1. The van der Waals surface area contributed by atoms with Gasteiger partial charge in [-0.25, -0.2) is 4.79 Å². The molecular weight excluding hydrogens is 340 g/mol. The van der Waals surface area contributed by atoms with Crippen molar-refractivity contribution in [2.75, 3.05) is 17.2 Å². The molecule has 0 spiro atoms. The van der Waals surface area contributed by atoms with Crippen LogP contribution in [0.4, 0.5) is 11.5 Å². The molecule has 1 amide bonds. The topological polar surface area (TPSA) is 101 Å². The van der Waals surface area contributed by atoms with Crippen LogP contribution in [-0.4, -0.2) is 22.0 Å². The van der Waals surface area contributed by atoms with Crippen molar-refractivity contribution in [2.24, 2.45) is 0 Å². The van der Waals surface area contributed by atoms with Gasteiger partial charge >= 0.3 is 5.69 Å². The zero-order valence-electron chi connectivity index (χ0n) is 14.6. The van der Waals surface area contributed by atoms with Gasteiger partial charge in [-0.2, -0.15) is 11.3 Å². The van der Waals surface area contributed by atoms with E-state index >= 15 is 0 Å². The molecule has 2 aromatic heterocycles. The fourth-order valence-electron chi connectivity index (χ4n) is 2.62. The number of thiophene rings is 1. The summed E-state index contributed by atoms with van der Waals surface area (Å²) in [6.45, 7) is 4.69. The number of nitrogens with two attached hydrogens (primary N) is 1. The van der Waals surface area contributed by atoms with Crippen molar-refractivity contribution in [1.29, 1.82) is 0 Å². The maximum Gasteiger partial charge on any atom is 0.330 e. The highest BCUT2D eigenvalue weighted by atomic mass is 32.1. The fourth-order valence-corrected chi connectivity index (χ4v) is 3.29. The number of aromatic nitrogens is 2. The van der Waals surface area contributed by atoms with E-state index in [1.807, 2.05) is 30.7 Å². The molecule has 7 nitrogen and oxygen atoms in total. The summed E-state index contributed by atoms with van der Waals surface area (Å²) in [5, 5.41) is 3.80. The number of carbonyl (C=O) groups excluding carboxylic acids is 1. The second-order valence-electron chi connectivity index (χ2n) is 5.85. The van der Waals surface area contributed by atoms with Crippen LogP contribution in [0, 0.1) is 0 Å². The largest absolute Gasteiger partial charge is 0.383 e. The molecule has 2 aromatic rings. The second kappa shape index (κ2) is 8.66. The third-order valence-corrected chi connectivity index (χ3v) is 4.64. The van der Waals surface area contributed by atoms with Crippen LogP contribution >= 0.6 is 11.3 Å². The Kier molecular flexibility index (Phi) is 6.58. The molecule has 3 N–H and O–H groups in total. The van der Waals surface area contributed by atoms with Gasteiger partial charge in [0, 0.05) is 13.1 Å². The number of nitrogens with zero attached hydrogens (tertiary/aromatic N) is 2. The number of amides is 1. The average molecular weight is 364 g/mol. The summed E-state index contributed by atoms with van der Waals surface area (Å²) in [7, 11) is 0. The van der Waals surface area contributed by atoms with Crippen LogP contribution in [0.5, 0.6) is 0 Å². The minimum absolute atomic E-state index is 0.0503. The van der Waals surface area contributed by atoms with Crippen LogP contribution in [-0.2, 0) is 17.8 Å². The molecule has 2 rings (SSSR count). The molecular formula is C17H24N4O3S. The Balaban J connectivity index is 2.44. The number of hydrogen-bond acceptors (Lipinski definition) is 5. The summed E-state index contributed by atoms with van der Waals surface area (Å²) in [6, 6.07) is 1.88. The molecule has 2 heterocycles. The van der Waals surface area contributed by atoms with Gasteiger partial charge < -0.3 is 10.6 Å². The third kappa shape index (κ3) is 4.39. The molecule has 0 saturated heterocycles. The van der Waals surface area contributed by atoms with Gasteiger partial charge in [-0.3, -0.25) is 19.1 Å². The number of nitrogen functional groups attached to an aromatic ring is 1. The Morgan fingerprint density at radius 1 is 1.32 bits per heavy atom. The molecule has 0 aliphatic carbocycles. The Morgan fingerprint density at radius 3 is 2.68 bits per heavy atom. The molecule has 0 bridgehead atoms. The molecule has 0 saturated carbocycles. The number of unbranched alkanes of at least 4 members (excludes halogenated alkanes) is 1. The zero-order valence-corrected chi connectivity index (χ0v) is 15.4. The molecule has 0 aliphatic rings. The molecule has 0 atom stereocenters. The van der Waals surface area contributed by atoms with Crippen molar-refractivity contribution in [3.8, 4) is 0 Å². The molecule has 0 aliphatic heterocycles. The summed E-state index contributed by atoms with van der Waals surface area (Å²) in [6.07, 6.45) is 2.50. The smallest absolute Gasteiger partial charge is 0.330 e. The molecule has 0 radical (unpaired) electrons. The van der Waals surface area contributed by atoms with Crippen LogP contribution in [0.3, 0.4) is 0 Å². The third-order valence-electron chi connectivity index (χ3n) is 3.90. The number of H-pyrrole nitrogens is 1. The van der Waals surface area contributed by atoms with E-state index in [1.54, 1.807) is 0 Å². The Morgan fingerprint density at radius 2 is 2.08 bits per heavy atom. The summed E-state index contributed by atoms with van der Waals surface area (Å²) in [5.41, 5.74) is 5.92. The number of hydrogen-bond donors (Lipinski definition) is 2. The van der Waals surface area contributed by atoms with Crippen molar-refractivity contribution >= 4 is 28.7 Å². The quantitative estimate of drug-likeness (QED) is 0.747. The predicted molar refractivity (Wildman–Crippen MR) is 101 cm³/mol. The van der Waals surface area contributed by atoms with Gasteiger partial charge in [0.05, 0.1) is 6.42 Å². The Labute approximate surface area is 150 Å². The van der Waals surface area contributed by atoms with E-state index in [4.69, 9.17) is 5.73 Å². The first kappa shape index (κ1) is 19.0. The maximum atomic E-state index is 12.8. The minimum Gasteiger partial charge on any atom is -0.383 e. The molecule has 0 aromatic carbocycles. The van der Waals surface area contributed by atoms with E-state index in [2.05, 4.69) is 4.98 Å². The van der Waals surface area contributed by atoms with E-state index < -0.39 is 11.2 Å². The highest BCUT2D eigenvalue weighted by molar-refractivity contribution is 7.08. The highest BCUT2D eigenvalue weighted by Gasteiger charge is 2.23. The average Bonchev–Trinajstić information content (AvgIpc) is 3.06. The molecule has 136 valence electrons. The standard InChI is InChI=1S/C17H24N4O3S/c1-3-5-8-21-15(18)14(16(23)19-17(21)24)20(7-4-2)13(22)10-12-6-9-25-11-12/h6,9,11H,3-5,7-8,10,18H2,1-2H3,(H,19,23,24). The molecule has 25 heavy (non-hydrogen) atoms. The highest BCUT2D eigenvalue weighted by Crippen LogP contribution is 2.19. The van der Waals surface area contributed by atoms with E-state index in [-0.39, 0.29) is 23.8 Å². The predicted octanol–water partition coefficient (Wildman–Crippen LogP) is 1.97. The minimum atomic E-state index is -0.623. The van der Waals surface area contributed by atoms with Crippen molar-refractivity contribution in [1.82, 2.24) is 9.55 Å². The van der Waals surface area contributed by atoms with Gasteiger partial charge in [0.15, 0.2) is 5.69 Å². The second-order valence-corrected chi connectivity index (χ2v) is 6.63. The van der Waals surface area contributed by atoms with E-state index in [0.717, 1.165) is 18.4 Å². The van der Waals surface area contributed by atoms with E-state index in [0.29, 0.717) is 19.5 Å². The SMILES string of the molecule is CCCCn1c(N)c(N(CCC)C(=O)Cc2ccsc2)c(=O)[nH]c1=O. The van der Waals surface area contributed by atoms with Gasteiger partial charge in [0.1, 0.15) is 5.82 Å². The van der Waals surface area contributed by atoms with Gasteiger partial charge in [-0.15, -0.1) is 0 Å².